The molecule has 1 rings (SSSR count). The van der Waals surface area contributed by atoms with Gasteiger partial charge in [0.15, 0.2) is 0 Å². The Morgan fingerprint density at radius 1 is 1.38 bits per heavy atom. The Balaban J connectivity index is 2.28. The van der Waals surface area contributed by atoms with Gasteiger partial charge in [-0.25, -0.2) is 8.42 Å². The molecular formula is C11H23NO3S. The molecule has 1 saturated carbocycles. The normalized spacial score (nSPS) is 26.9. The molecule has 0 aliphatic heterocycles. The summed E-state index contributed by atoms with van der Waals surface area (Å²) < 4.78 is 28.1. The van der Waals surface area contributed by atoms with Crippen LogP contribution in [-0.4, -0.2) is 45.7 Å². The van der Waals surface area contributed by atoms with Gasteiger partial charge in [0.2, 0.25) is 0 Å². The zero-order valence-corrected chi connectivity index (χ0v) is 11.1. The number of rotatable bonds is 6. The molecule has 1 N–H and O–H groups in total. The van der Waals surface area contributed by atoms with E-state index in [4.69, 9.17) is 4.74 Å². The molecular weight excluding hydrogens is 226 g/mol. The molecule has 0 spiro atoms. The van der Waals surface area contributed by atoms with Gasteiger partial charge in [0.05, 0.1) is 11.9 Å². The summed E-state index contributed by atoms with van der Waals surface area (Å²) in [6.45, 7) is 4.23. The van der Waals surface area contributed by atoms with Gasteiger partial charge in [0.25, 0.3) is 0 Å². The quantitative estimate of drug-likeness (QED) is 0.713. The van der Waals surface area contributed by atoms with E-state index < -0.39 is 9.84 Å². The monoisotopic (exact) mass is 249 g/mol. The first-order valence-electron chi connectivity index (χ1n) is 6.04. The average molecular weight is 249 g/mol. The lowest BCUT2D eigenvalue weighted by Gasteiger charge is -2.28. The zero-order valence-electron chi connectivity index (χ0n) is 10.2. The zero-order chi connectivity index (χ0) is 12.0. The summed E-state index contributed by atoms with van der Waals surface area (Å²) in [5, 5.41) is 3.22. The van der Waals surface area contributed by atoms with Crippen LogP contribution < -0.4 is 5.32 Å². The fourth-order valence-corrected chi connectivity index (χ4v) is 3.38. The molecule has 5 heteroatoms. The van der Waals surface area contributed by atoms with Crippen LogP contribution in [0.25, 0.3) is 0 Å². The van der Waals surface area contributed by atoms with E-state index in [0.717, 1.165) is 38.8 Å². The molecule has 0 aromatic heterocycles. The number of nitrogens with one attached hydrogen (secondary N) is 1. The predicted molar refractivity (Wildman–Crippen MR) is 65.4 cm³/mol. The molecule has 0 aromatic rings. The van der Waals surface area contributed by atoms with Crippen LogP contribution in [0.2, 0.25) is 0 Å². The fraction of sp³-hybridized carbons (Fsp3) is 1.00. The van der Waals surface area contributed by atoms with Gasteiger partial charge in [-0.15, -0.1) is 0 Å². The van der Waals surface area contributed by atoms with Crippen LogP contribution in [-0.2, 0) is 14.6 Å². The minimum Gasteiger partial charge on any atom is -0.380 e. The van der Waals surface area contributed by atoms with Crippen molar-refractivity contribution in [3.63, 3.8) is 0 Å². The van der Waals surface area contributed by atoms with Gasteiger partial charge < -0.3 is 10.1 Å². The molecule has 1 aliphatic carbocycles. The second-order valence-corrected chi connectivity index (χ2v) is 6.79. The van der Waals surface area contributed by atoms with Crippen molar-refractivity contribution < 1.29 is 13.2 Å². The van der Waals surface area contributed by atoms with E-state index in [-0.39, 0.29) is 5.25 Å². The van der Waals surface area contributed by atoms with Crippen LogP contribution in [0.3, 0.4) is 0 Å². The maximum atomic E-state index is 11.5. The SMILES string of the molecule is CCOCCNC1CCCC(S(C)(=O)=O)C1. The maximum absolute atomic E-state index is 11.5. The van der Waals surface area contributed by atoms with E-state index in [1.165, 1.54) is 6.26 Å². The van der Waals surface area contributed by atoms with Crippen LogP contribution in [0.5, 0.6) is 0 Å². The van der Waals surface area contributed by atoms with Gasteiger partial charge >= 0.3 is 0 Å². The Morgan fingerprint density at radius 2 is 2.12 bits per heavy atom. The summed E-state index contributed by atoms with van der Waals surface area (Å²) in [7, 11) is -2.87. The van der Waals surface area contributed by atoms with Crippen LogP contribution in [0, 0.1) is 0 Å². The molecule has 0 radical (unpaired) electrons. The van der Waals surface area contributed by atoms with Crippen LogP contribution >= 0.6 is 0 Å². The van der Waals surface area contributed by atoms with Crippen molar-refractivity contribution in [3.8, 4) is 0 Å². The minimum absolute atomic E-state index is 0.147. The van der Waals surface area contributed by atoms with Gasteiger partial charge in [-0.05, 0) is 26.2 Å². The minimum atomic E-state index is -2.87. The van der Waals surface area contributed by atoms with Gasteiger partial charge in [0.1, 0.15) is 9.84 Å². The third-order valence-electron chi connectivity index (χ3n) is 3.12. The lowest BCUT2D eigenvalue weighted by atomic mass is 9.95. The Kier molecular flexibility index (Phi) is 5.72. The first kappa shape index (κ1) is 13.9. The largest absolute Gasteiger partial charge is 0.380 e. The molecule has 2 atom stereocenters. The number of sulfone groups is 1. The molecule has 16 heavy (non-hydrogen) atoms. The predicted octanol–water partition coefficient (Wildman–Crippen LogP) is 0.968. The summed E-state index contributed by atoms with van der Waals surface area (Å²) in [4.78, 5) is 0. The average Bonchev–Trinajstić information content (AvgIpc) is 2.24. The summed E-state index contributed by atoms with van der Waals surface area (Å²) in [6.07, 6.45) is 5.01. The molecule has 0 aromatic carbocycles. The fourth-order valence-electron chi connectivity index (χ4n) is 2.20. The first-order valence-corrected chi connectivity index (χ1v) is 7.99. The topological polar surface area (TPSA) is 55.4 Å². The third kappa shape index (κ3) is 4.80. The lowest BCUT2D eigenvalue weighted by Crippen LogP contribution is -2.40. The molecule has 4 nitrogen and oxygen atoms in total. The molecule has 0 bridgehead atoms. The number of hydrogen-bond donors (Lipinski definition) is 1. The highest BCUT2D eigenvalue weighted by molar-refractivity contribution is 7.91. The van der Waals surface area contributed by atoms with Gasteiger partial charge in [-0.3, -0.25) is 0 Å². The molecule has 96 valence electrons. The van der Waals surface area contributed by atoms with E-state index >= 15 is 0 Å². The van der Waals surface area contributed by atoms with Crippen molar-refractivity contribution in [2.24, 2.45) is 0 Å². The van der Waals surface area contributed by atoms with E-state index in [0.29, 0.717) is 12.6 Å². The Morgan fingerprint density at radius 3 is 2.75 bits per heavy atom. The second kappa shape index (κ2) is 6.57. The van der Waals surface area contributed by atoms with E-state index in [2.05, 4.69) is 5.32 Å². The standard InChI is InChI=1S/C11H23NO3S/c1-3-15-8-7-12-10-5-4-6-11(9-10)16(2,13)14/h10-12H,3-9H2,1-2H3. The first-order chi connectivity index (χ1) is 7.54. The Bertz CT molecular complexity index is 290. The Hall–Kier alpha value is -0.130. The molecule has 1 fully saturated rings. The van der Waals surface area contributed by atoms with E-state index in [1.807, 2.05) is 6.92 Å². The van der Waals surface area contributed by atoms with Gasteiger partial charge in [0, 0.05) is 25.4 Å². The molecule has 0 amide bonds. The highest BCUT2D eigenvalue weighted by Gasteiger charge is 2.28. The molecule has 2 unspecified atom stereocenters. The molecule has 0 saturated heterocycles. The highest BCUT2D eigenvalue weighted by atomic mass is 32.2. The third-order valence-corrected chi connectivity index (χ3v) is 4.75. The van der Waals surface area contributed by atoms with Gasteiger partial charge in [-0.1, -0.05) is 6.42 Å². The Labute approximate surface area is 98.7 Å². The lowest BCUT2D eigenvalue weighted by molar-refractivity contribution is 0.145. The summed E-state index contributed by atoms with van der Waals surface area (Å²) in [5.41, 5.74) is 0. The highest BCUT2D eigenvalue weighted by Crippen LogP contribution is 2.23. The number of ether oxygens (including phenoxy) is 1. The molecule has 1 aliphatic rings. The van der Waals surface area contributed by atoms with Gasteiger partial charge in [-0.2, -0.15) is 0 Å². The van der Waals surface area contributed by atoms with Crippen molar-refractivity contribution in [2.45, 2.75) is 43.9 Å². The van der Waals surface area contributed by atoms with Crippen molar-refractivity contribution in [1.29, 1.82) is 0 Å². The van der Waals surface area contributed by atoms with E-state index in [1.54, 1.807) is 0 Å². The van der Waals surface area contributed by atoms with Crippen molar-refractivity contribution >= 4 is 9.84 Å². The van der Waals surface area contributed by atoms with Crippen molar-refractivity contribution in [1.82, 2.24) is 5.32 Å². The van der Waals surface area contributed by atoms with Crippen LogP contribution in [0.15, 0.2) is 0 Å². The summed E-state index contributed by atoms with van der Waals surface area (Å²) in [6, 6.07) is 0.342. The van der Waals surface area contributed by atoms with E-state index in [9.17, 15) is 8.42 Å². The summed E-state index contributed by atoms with van der Waals surface area (Å²) in [5.74, 6) is 0. The van der Waals surface area contributed by atoms with Crippen molar-refractivity contribution in [3.05, 3.63) is 0 Å². The van der Waals surface area contributed by atoms with Crippen LogP contribution in [0.1, 0.15) is 32.6 Å². The second-order valence-electron chi connectivity index (χ2n) is 4.47. The summed E-state index contributed by atoms with van der Waals surface area (Å²) >= 11 is 0. The molecule has 0 heterocycles. The number of hydrogen-bond acceptors (Lipinski definition) is 4. The van der Waals surface area contributed by atoms with Crippen LogP contribution in [0.4, 0.5) is 0 Å². The smallest absolute Gasteiger partial charge is 0.150 e. The van der Waals surface area contributed by atoms with Crippen molar-refractivity contribution in [2.75, 3.05) is 26.0 Å². The maximum Gasteiger partial charge on any atom is 0.150 e.